The molecule has 5 heteroatoms. The van der Waals surface area contributed by atoms with Gasteiger partial charge in [0.1, 0.15) is 17.7 Å². The number of anilines is 1. The number of nitrogens with zero attached hydrogens (tertiary/aromatic N) is 3. The van der Waals surface area contributed by atoms with Gasteiger partial charge >= 0.3 is 5.97 Å². The summed E-state index contributed by atoms with van der Waals surface area (Å²) in [4.78, 5) is 22.4. The fourth-order valence-corrected chi connectivity index (χ4v) is 2.47. The van der Waals surface area contributed by atoms with Crippen LogP contribution in [-0.4, -0.2) is 33.6 Å². The molecular formula is C15H23N3O2. The third-order valence-electron chi connectivity index (χ3n) is 3.69. The Labute approximate surface area is 120 Å². The second-order valence-corrected chi connectivity index (χ2v) is 6.01. The first-order valence-electron chi connectivity index (χ1n) is 7.28. The molecule has 0 aromatic carbocycles. The molecule has 1 aliphatic heterocycles. The maximum absolute atomic E-state index is 11.3. The Morgan fingerprint density at radius 2 is 2.00 bits per heavy atom. The van der Waals surface area contributed by atoms with Crippen LogP contribution in [0.3, 0.4) is 0 Å². The van der Waals surface area contributed by atoms with Crippen molar-refractivity contribution >= 4 is 11.8 Å². The Morgan fingerprint density at radius 3 is 2.55 bits per heavy atom. The van der Waals surface area contributed by atoms with E-state index in [2.05, 4.69) is 37.7 Å². The van der Waals surface area contributed by atoms with Gasteiger partial charge in [0, 0.05) is 24.2 Å². The van der Waals surface area contributed by atoms with Crippen molar-refractivity contribution in [1.82, 2.24) is 9.97 Å². The van der Waals surface area contributed by atoms with E-state index in [9.17, 15) is 9.90 Å². The van der Waals surface area contributed by atoms with Crippen molar-refractivity contribution < 1.29 is 9.90 Å². The Hall–Kier alpha value is -1.65. The number of carbonyl (C=O) groups is 1. The molecule has 1 aliphatic rings. The molecule has 1 fully saturated rings. The fraction of sp³-hybridized carbons (Fsp3) is 0.667. The molecule has 0 radical (unpaired) electrons. The van der Waals surface area contributed by atoms with Crippen molar-refractivity contribution in [3.8, 4) is 0 Å². The van der Waals surface area contributed by atoms with Gasteiger partial charge in [-0.15, -0.1) is 0 Å². The van der Waals surface area contributed by atoms with Crippen LogP contribution in [0.25, 0.3) is 0 Å². The van der Waals surface area contributed by atoms with Crippen LogP contribution in [0.4, 0.5) is 5.82 Å². The van der Waals surface area contributed by atoms with E-state index in [1.165, 1.54) is 0 Å². The van der Waals surface area contributed by atoms with Crippen LogP contribution in [0.1, 0.15) is 63.9 Å². The van der Waals surface area contributed by atoms with Crippen LogP contribution >= 0.6 is 0 Å². The zero-order valence-corrected chi connectivity index (χ0v) is 12.6. The number of hydrogen-bond acceptors (Lipinski definition) is 4. The van der Waals surface area contributed by atoms with Crippen LogP contribution in [0.15, 0.2) is 6.07 Å². The zero-order chi connectivity index (χ0) is 14.9. The van der Waals surface area contributed by atoms with E-state index >= 15 is 0 Å². The molecule has 0 unspecified atom stereocenters. The summed E-state index contributed by atoms with van der Waals surface area (Å²) in [5, 5.41) is 9.32. The summed E-state index contributed by atoms with van der Waals surface area (Å²) in [6.07, 6.45) is 1.59. The maximum Gasteiger partial charge on any atom is 0.326 e. The van der Waals surface area contributed by atoms with Crippen molar-refractivity contribution in [3.05, 3.63) is 17.6 Å². The lowest BCUT2D eigenvalue weighted by atomic mass is 10.1. The molecule has 1 aromatic rings. The first-order chi connectivity index (χ1) is 9.40. The summed E-state index contributed by atoms with van der Waals surface area (Å²) in [5.74, 6) is 1.33. The number of carboxylic acid groups (broad SMARTS) is 1. The van der Waals surface area contributed by atoms with Gasteiger partial charge in [0.25, 0.3) is 0 Å². The van der Waals surface area contributed by atoms with Crippen molar-refractivity contribution in [2.45, 2.75) is 58.4 Å². The fourth-order valence-electron chi connectivity index (χ4n) is 2.47. The Balaban J connectivity index is 2.42. The van der Waals surface area contributed by atoms with E-state index in [-0.39, 0.29) is 5.92 Å². The summed E-state index contributed by atoms with van der Waals surface area (Å²) in [6.45, 7) is 9.05. The summed E-state index contributed by atoms with van der Waals surface area (Å²) in [6, 6.07) is 1.49. The van der Waals surface area contributed by atoms with Gasteiger partial charge in [-0.25, -0.2) is 14.8 Å². The molecule has 1 saturated heterocycles. The first kappa shape index (κ1) is 14.8. The predicted octanol–water partition coefficient (Wildman–Crippen LogP) is 2.78. The molecule has 0 spiro atoms. The van der Waals surface area contributed by atoms with Gasteiger partial charge in [-0.1, -0.05) is 27.7 Å². The summed E-state index contributed by atoms with van der Waals surface area (Å²) < 4.78 is 0. The van der Waals surface area contributed by atoms with E-state index < -0.39 is 12.0 Å². The molecule has 1 N–H and O–H groups in total. The molecule has 0 amide bonds. The summed E-state index contributed by atoms with van der Waals surface area (Å²) in [5.41, 5.74) is 0.981. The highest BCUT2D eigenvalue weighted by Crippen LogP contribution is 2.27. The highest BCUT2D eigenvalue weighted by atomic mass is 16.4. The largest absolute Gasteiger partial charge is 0.480 e. The van der Waals surface area contributed by atoms with Crippen molar-refractivity contribution in [1.29, 1.82) is 0 Å². The smallest absolute Gasteiger partial charge is 0.326 e. The lowest BCUT2D eigenvalue weighted by Crippen LogP contribution is -2.36. The predicted molar refractivity (Wildman–Crippen MR) is 78.2 cm³/mol. The Bertz CT molecular complexity index is 474. The molecule has 2 heterocycles. The topological polar surface area (TPSA) is 66.3 Å². The highest BCUT2D eigenvalue weighted by Gasteiger charge is 2.32. The molecule has 1 atom stereocenters. The van der Waals surface area contributed by atoms with E-state index in [0.29, 0.717) is 12.3 Å². The van der Waals surface area contributed by atoms with Crippen LogP contribution in [0.5, 0.6) is 0 Å². The average Bonchev–Trinajstić information content (AvgIpc) is 2.87. The van der Waals surface area contributed by atoms with Gasteiger partial charge in [0.05, 0.1) is 0 Å². The summed E-state index contributed by atoms with van der Waals surface area (Å²) in [7, 11) is 0. The van der Waals surface area contributed by atoms with Gasteiger partial charge in [-0.05, 0) is 18.8 Å². The second kappa shape index (κ2) is 5.77. The van der Waals surface area contributed by atoms with E-state index in [1.807, 2.05) is 11.0 Å². The van der Waals surface area contributed by atoms with E-state index in [0.717, 1.165) is 30.3 Å². The maximum atomic E-state index is 11.3. The number of carboxylic acids is 1. The van der Waals surface area contributed by atoms with Crippen LogP contribution in [0.2, 0.25) is 0 Å². The molecule has 20 heavy (non-hydrogen) atoms. The minimum absolute atomic E-state index is 0.235. The minimum Gasteiger partial charge on any atom is -0.480 e. The van der Waals surface area contributed by atoms with Crippen molar-refractivity contribution in [2.24, 2.45) is 0 Å². The van der Waals surface area contributed by atoms with Crippen LogP contribution in [0, 0.1) is 0 Å². The second-order valence-electron chi connectivity index (χ2n) is 6.01. The normalized spacial score (nSPS) is 19.1. The van der Waals surface area contributed by atoms with Gasteiger partial charge in [0.2, 0.25) is 0 Å². The van der Waals surface area contributed by atoms with Crippen LogP contribution in [-0.2, 0) is 4.79 Å². The number of aromatic nitrogens is 2. The minimum atomic E-state index is -0.765. The quantitative estimate of drug-likeness (QED) is 0.916. The first-order valence-corrected chi connectivity index (χ1v) is 7.28. The molecule has 2 rings (SSSR count). The van der Waals surface area contributed by atoms with E-state index in [4.69, 9.17) is 0 Å². The van der Waals surface area contributed by atoms with Gasteiger partial charge in [-0.3, -0.25) is 0 Å². The highest BCUT2D eigenvalue weighted by molar-refractivity contribution is 5.78. The monoisotopic (exact) mass is 277 g/mol. The lowest BCUT2D eigenvalue weighted by Gasteiger charge is -2.24. The lowest BCUT2D eigenvalue weighted by molar-refractivity contribution is -0.138. The SMILES string of the molecule is CC(C)c1cc(N2CCC[C@@H]2C(=O)O)nc(C(C)C)n1. The third kappa shape index (κ3) is 2.92. The third-order valence-corrected chi connectivity index (χ3v) is 3.69. The molecule has 0 bridgehead atoms. The van der Waals surface area contributed by atoms with Crippen molar-refractivity contribution in [2.75, 3.05) is 11.4 Å². The van der Waals surface area contributed by atoms with Gasteiger partial charge in [-0.2, -0.15) is 0 Å². The van der Waals surface area contributed by atoms with E-state index in [1.54, 1.807) is 0 Å². The number of aliphatic carboxylic acids is 1. The van der Waals surface area contributed by atoms with Crippen LogP contribution < -0.4 is 4.90 Å². The molecule has 0 saturated carbocycles. The molecular weight excluding hydrogens is 254 g/mol. The molecule has 1 aromatic heterocycles. The molecule has 0 aliphatic carbocycles. The average molecular weight is 277 g/mol. The Morgan fingerprint density at radius 1 is 1.30 bits per heavy atom. The standard InChI is InChI=1S/C15H23N3O2/c1-9(2)11-8-13(17-14(16-11)10(3)4)18-7-5-6-12(18)15(19)20/h8-10,12H,5-7H2,1-4H3,(H,19,20)/t12-/m1/s1. The number of rotatable bonds is 4. The Kier molecular flexibility index (Phi) is 4.26. The summed E-state index contributed by atoms with van der Waals surface area (Å²) >= 11 is 0. The number of hydrogen-bond donors (Lipinski definition) is 1. The zero-order valence-electron chi connectivity index (χ0n) is 12.6. The van der Waals surface area contributed by atoms with Gasteiger partial charge in [0.15, 0.2) is 0 Å². The van der Waals surface area contributed by atoms with Crippen molar-refractivity contribution in [3.63, 3.8) is 0 Å². The van der Waals surface area contributed by atoms with Gasteiger partial charge < -0.3 is 10.0 Å². The molecule has 5 nitrogen and oxygen atoms in total. The molecule has 110 valence electrons.